The number of hydrogen-bond donors (Lipinski definition) is 2. The first-order chi connectivity index (χ1) is 11.6. The molecule has 0 fully saturated rings. The number of nitrogens with two attached hydrogens (primary N) is 1. The molecule has 0 saturated carbocycles. The molecule has 0 unspecified atom stereocenters. The molecule has 2 aromatic carbocycles. The zero-order chi connectivity index (χ0) is 17.4. The van der Waals surface area contributed by atoms with E-state index < -0.39 is 0 Å². The molecule has 0 aliphatic rings. The van der Waals surface area contributed by atoms with Crippen molar-refractivity contribution in [3.8, 4) is 0 Å². The molecular formula is C20H24FN3. The number of hydrazone groups is 1. The van der Waals surface area contributed by atoms with Crippen LogP contribution < -0.4 is 11.2 Å². The first-order valence-corrected chi connectivity index (χ1v) is 8.10. The van der Waals surface area contributed by atoms with Crippen molar-refractivity contribution in [2.75, 3.05) is 11.9 Å². The first-order valence-electron chi connectivity index (χ1n) is 8.10. The maximum absolute atomic E-state index is 13.7. The van der Waals surface area contributed by atoms with Gasteiger partial charge >= 0.3 is 0 Å². The van der Waals surface area contributed by atoms with Crippen LogP contribution in [0.3, 0.4) is 0 Å². The average molecular weight is 325 g/mol. The lowest BCUT2D eigenvalue weighted by atomic mass is 10.1. The van der Waals surface area contributed by atoms with Crippen molar-refractivity contribution in [3.05, 3.63) is 66.0 Å². The molecule has 0 heterocycles. The molecule has 0 atom stereocenters. The molecule has 0 bridgehead atoms. The molecule has 0 radical (unpaired) electrons. The summed E-state index contributed by atoms with van der Waals surface area (Å²) in [5.74, 6) is 5.22. The van der Waals surface area contributed by atoms with Gasteiger partial charge in [0.2, 0.25) is 0 Å². The number of rotatable bonds is 7. The van der Waals surface area contributed by atoms with Crippen molar-refractivity contribution in [3.63, 3.8) is 0 Å². The summed E-state index contributed by atoms with van der Waals surface area (Å²) in [6, 6.07) is 14.5. The quantitative estimate of drug-likeness (QED) is 0.319. The van der Waals surface area contributed by atoms with Gasteiger partial charge in [0.25, 0.3) is 0 Å². The lowest BCUT2D eigenvalue weighted by Gasteiger charge is -2.10. The molecular weight excluding hydrogens is 301 g/mol. The van der Waals surface area contributed by atoms with E-state index in [-0.39, 0.29) is 5.83 Å². The van der Waals surface area contributed by atoms with Crippen molar-refractivity contribution in [1.29, 1.82) is 0 Å². The van der Waals surface area contributed by atoms with Crippen molar-refractivity contribution >= 4 is 22.2 Å². The number of anilines is 1. The first kappa shape index (κ1) is 17.7. The summed E-state index contributed by atoms with van der Waals surface area (Å²) in [5, 5.41) is 9.58. The molecule has 0 aromatic heterocycles. The van der Waals surface area contributed by atoms with Crippen molar-refractivity contribution in [1.82, 2.24) is 0 Å². The maximum Gasteiger partial charge on any atom is 0.122 e. The Morgan fingerprint density at radius 3 is 2.67 bits per heavy atom. The van der Waals surface area contributed by atoms with Crippen LogP contribution in [0.25, 0.3) is 10.8 Å². The molecule has 0 aliphatic carbocycles. The molecule has 0 saturated heterocycles. The molecule has 24 heavy (non-hydrogen) atoms. The van der Waals surface area contributed by atoms with Gasteiger partial charge < -0.3 is 11.2 Å². The van der Waals surface area contributed by atoms with Crippen LogP contribution in [0.15, 0.2) is 71.1 Å². The van der Waals surface area contributed by atoms with Crippen LogP contribution in [0.1, 0.15) is 26.7 Å². The number of hydrogen-bond acceptors (Lipinski definition) is 3. The molecule has 0 spiro atoms. The Bertz CT molecular complexity index is 775. The van der Waals surface area contributed by atoms with Crippen molar-refractivity contribution < 1.29 is 4.39 Å². The number of fused-ring (bicyclic) bond motifs is 1. The second-order valence-corrected chi connectivity index (χ2v) is 5.74. The number of halogens is 1. The fourth-order valence-electron chi connectivity index (χ4n) is 2.53. The zero-order valence-electron chi connectivity index (χ0n) is 14.2. The maximum atomic E-state index is 13.7. The van der Waals surface area contributed by atoms with Gasteiger partial charge in [0, 0.05) is 30.8 Å². The fraction of sp³-hybridized carbons (Fsp3) is 0.250. The number of nitrogens with zero attached hydrogens (tertiary/aromatic N) is 1. The Labute approximate surface area is 142 Å². The van der Waals surface area contributed by atoms with E-state index >= 15 is 0 Å². The highest BCUT2D eigenvalue weighted by molar-refractivity contribution is 5.87. The normalized spacial score (nSPS) is 13.4. The van der Waals surface area contributed by atoms with Crippen LogP contribution in [0.5, 0.6) is 0 Å². The van der Waals surface area contributed by atoms with E-state index in [9.17, 15) is 4.39 Å². The smallest absolute Gasteiger partial charge is 0.122 e. The summed E-state index contributed by atoms with van der Waals surface area (Å²) in [7, 11) is 0. The summed E-state index contributed by atoms with van der Waals surface area (Å²) in [4.78, 5) is 0. The van der Waals surface area contributed by atoms with Crippen molar-refractivity contribution in [2.24, 2.45) is 10.9 Å². The third-order valence-electron chi connectivity index (χ3n) is 3.86. The van der Waals surface area contributed by atoms with E-state index in [1.54, 1.807) is 19.9 Å². The summed E-state index contributed by atoms with van der Waals surface area (Å²) in [6.45, 7) is 4.25. The van der Waals surface area contributed by atoms with Crippen LogP contribution in [0.2, 0.25) is 0 Å². The standard InChI is InChI=1S/C20H24FN3/c1-3-6-20(21)15(2)13-19(24-22)11-12-23-18-10-9-16-7-4-5-8-17(16)14-18/h3-10,14,23H,11-13,22H2,1-2H3/b6-3-,20-15-,24-19+. The third-order valence-corrected chi connectivity index (χ3v) is 3.86. The minimum absolute atomic E-state index is 0.221. The van der Waals surface area contributed by atoms with Gasteiger partial charge in [0.1, 0.15) is 5.83 Å². The Kier molecular flexibility index (Phi) is 6.55. The van der Waals surface area contributed by atoms with Crippen LogP contribution >= 0.6 is 0 Å². The number of allylic oxidation sites excluding steroid dienone is 4. The molecule has 126 valence electrons. The second-order valence-electron chi connectivity index (χ2n) is 5.74. The van der Waals surface area contributed by atoms with E-state index in [0.29, 0.717) is 25.0 Å². The number of nitrogens with one attached hydrogen (secondary N) is 1. The highest BCUT2D eigenvalue weighted by Crippen LogP contribution is 2.19. The van der Waals surface area contributed by atoms with Gasteiger partial charge in [0.05, 0.1) is 0 Å². The summed E-state index contributed by atoms with van der Waals surface area (Å²) in [5.41, 5.74) is 2.47. The Hall–Kier alpha value is -2.62. The predicted octanol–water partition coefficient (Wildman–Crippen LogP) is 5.17. The van der Waals surface area contributed by atoms with Crippen molar-refractivity contribution in [2.45, 2.75) is 26.7 Å². The minimum Gasteiger partial charge on any atom is -0.385 e. The molecule has 4 heteroatoms. The van der Waals surface area contributed by atoms with Crippen LogP contribution in [-0.2, 0) is 0 Å². The van der Waals surface area contributed by atoms with E-state index in [1.807, 2.05) is 12.1 Å². The average Bonchev–Trinajstić information content (AvgIpc) is 2.60. The van der Waals surface area contributed by atoms with Crippen LogP contribution in [-0.4, -0.2) is 12.3 Å². The molecule has 2 aromatic rings. The highest BCUT2D eigenvalue weighted by atomic mass is 19.1. The van der Waals surface area contributed by atoms with E-state index in [4.69, 9.17) is 5.84 Å². The fourth-order valence-corrected chi connectivity index (χ4v) is 2.53. The summed E-state index contributed by atoms with van der Waals surface area (Å²) >= 11 is 0. The lowest BCUT2D eigenvalue weighted by Crippen LogP contribution is -2.11. The molecule has 0 aliphatic heterocycles. The Morgan fingerprint density at radius 2 is 1.96 bits per heavy atom. The Morgan fingerprint density at radius 1 is 1.21 bits per heavy atom. The number of benzene rings is 2. The van der Waals surface area contributed by atoms with E-state index in [1.165, 1.54) is 16.8 Å². The molecule has 2 rings (SSSR count). The van der Waals surface area contributed by atoms with E-state index in [2.05, 4.69) is 40.8 Å². The van der Waals surface area contributed by atoms with Gasteiger partial charge in [-0.25, -0.2) is 4.39 Å². The zero-order valence-corrected chi connectivity index (χ0v) is 14.2. The second kappa shape index (κ2) is 8.87. The summed E-state index contributed by atoms with van der Waals surface area (Å²) < 4.78 is 13.7. The van der Waals surface area contributed by atoms with Gasteiger partial charge in [-0.3, -0.25) is 0 Å². The summed E-state index contributed by atoms with van der Waals surface area (Å²) in [6.07, 6.45) is 4.26. The van der Waals surface area contributed by atoms with Gasteiger partial charge in [-0.05, 0) is 48.4 Å². The highest BCUT2D eigenvalue weighted by Gasteiger charge is 2.05. The molecule has 3 nitrogen and oxygen atoms in total. The minimum atomic E-state index is -0.221. The lowest BCUT2D eigenvalue weighted by molar-refractivity contribution is 0.651. The molecule has 0 amide bonds. The van der Waals surface area contributed by atoms with Crippen LogP contribution in [0, 0.1) is 0 Å². The molecule has 3 N–H and O–H groups in total. The van der Waals surface area contributed by atoms with Gasteiger partial charge in [0.15, 0.2) is 0 Å². The SMILES string of the molecule is C/C=C\C(F)=C(/C)C/C(CCNc1ccc2ccccc2c1)=N/N. The van der Waals surface area contributed by atoms with Gasteiger partial charge in [-0.2, -0.15) is 5.10 Å². The van der Waals surface area contributed by atoms with E-state index in [0.717, 1.165) is 11.4 Å². The monoisotopic (exact) mass is 325 g/mol. The van der Waals surface area contributed by atoms with Gasteiger partial charge in [-0.1, -0.05) is 36.4 Å². The van der Waals surface area contributed by atoms with Gasteiger partial charge in [-0.15, -0.1) is 0 Å². The largest absolute Gasteiger partial charge is 0.385 e. The topological polar surface area (TPSA) is 50.4 Å². The third kappa shape index (κ3) is 4.95. The van der Waals surface area contributed by atoms with Crippen LogP contribution in [0.4, 0.5) is 10.1 Å². The Balaban J connectivity index is 1.92. The predicted molar refractivity (Wildman–Crippen MR) is 102 cm³/mol.